The molecule has 0 aliphatic heterocycles. The van der Waals surface area contributed by atoms with Gasteiger partial charge in [0.15, 0.2) is 0 Å². The number of halogens is 4. The Hall–Kier alpha value is -2.21. The molecule has 0 atom stereocenters. The van der Waals surface area contributed by atoms with E-state index >= 15 is 0 Å². The maximum absolute atomic E-state index is 12.4. The molecule has 0 bridgehead atoms. The van der Waals surface area contributed by atoms with Crippen molar-refractivity contribution in [2.24, 2.45) is 0 Å². The van der Waals surface area contributed by atoms with E-state index in [1.54, 1.807) is 0 Å². The van der Waals surface area contributed by atoms with Crippen molar-refractivity contribution >= 4 is 28.9 Å². The first-order chi connectivity index (χ1) is 9.77. The van der Waals surface area contributed by atoms with E-state index in [-0.39, 0.29) is 16.3 Å². The van der Waals surface area contributed by atoms with Crippen LogP contribution in [0.3, 0.4) is 0 Å². The normalized spacial score (nSPS) is 11.2. The summed E-state index contributed by atoms with van der Waals surface area (Å²) in [7, 11) is 0. The number of rotatable bonds is 2. The summed E-state index contributed by atoms with van der Waals surface area (Å²) in [5, 5.41) is 2.71. The number of nitrogen functional groups attached to an aromatic ring is 1. The van der Waals surface area contributed by atoms with Gasteiger partial charge in [-0.25, -0.2) is 0 Å². The van der Waals surface area contributed by atoms with Gasteiger partial charge in [-0.3, -0.25) is 4.79 Å². The number of benzene rings is 2. The second kappa shape index (κ2) is 5.65. The Balaban J connectivity index is 2.14. The first-order valence-corrected chi connectivity index (χ1v) is 6.19. The Morgan fingerprint density at radius 3 is 2.24 bits per heavy atom. The van der Waals surface area contributed by atoms with Gasteiger partial charge in [-0.1, -0.05) is 11.6 Å². The summed E-state index contributed by atoms with van der Waals surface area (Å²) in [4.78, 5) is 11.9. The SMILES string of the molecule is Nc1ccc(C(=O)Nc2ccc(C(F)(F)F)cc2)cc1Cl. The fraction of sp³-hybridized carbons (Fsp3) is 0.0714. The third-order valence-electron chi connectivity index (χ3n) is 2.73. The molecule has 2 rings (SSSR count). The maximum atomic E-state index is 12.4. The topological polar surface area (TPSA) is 55.1 Å². The van der Waals surface area contributed by atoms with Crippen molar-refractivity contribution in [2.45, 2.75) is 6.18 Å². The van der Waals surface area contributed by atoms with E-state index < -0.39 is 17.6 Å². The monoisotopic (exact) mass is 314 g/mol. The minimum atomic E-state index is -4.41. The highest BCUT2D eigenvalue weighted by Crippen LogP contribution is 2.30. The summed E-state index contributed by atoms with van der Waals surface area (Å²) in [6.45, 7) is 0. The molecular formula is C14H10ClF3N2O. The molecule has 3 nitrogen and oxygen atoms in total. The third-order valence-corrected chi connectivity index (χ3v) is 3.06. The van der Waals surface area contributed by atoms with Gasteiger partial charge in [0.2, 0.25) is 0 Å². The smallest absolute Gasteiger partial charge is 0.398 e. The molecule has 0 unspecified atom stereocenters. The van der Waals surface area contributed by atoms with Crippen LogP contribution in [-0.2, 0) is 6.18 Å². The highest BCUT2D eigenvalue weighted by Gasteiger charge is 2.29. The van der Waals surface area contributed by atoms with E-state index in [1.165, 1.54) is 30.3 Å². The quantitative estimate of drug-likeness (QED) is 0.816. The van der Waals surface area contributed by atoms with Gasteiger partial charge in [0, 0.05) is 11.3 Å². The molecule has 110 valence electrons. The third kappa shape index (κ3) is 3.66. The summed E-state index contributed by atoms with van der Waals surface area (Å²) < 4.78 is 37.2. The molecule has 2 aromatic rings. The Morgan fingerprint density at radius 2 is 1.71 bits per heavy atom. The summed E-state index contributed by atoms with van der Waals surface area (Å²) in [5.74, 6) is -0.489. The standard InChI is InChI=1S/C14H10ClF3N2O/c15-11-7-8(1-6-12(11)19)13(21)20-10-4-2-9(3-5-10)14(16,17)18/h1-7H,19H2,(H,20,21). The molecule has 21 heavy (non-hydrogen) atoms. The summed E-state index contributed by atoms with van der Waals surface area (Å²) in [6, 6.07) is 8.48. The van der Waals surface area contributed by atoms with Gasteiger partial charge in [0.25, 0.3) is 5.91 Å². The van der Waals surface area contributed by atoms with Crippen molar-refractivity contribution in [1.82, 2.24) is 0 Å². The van der Waals surface area contributed by atoms with E-state index in [1.807, 2.05) is 0 Å². The zero-order valence-electron chi connectivity index (χ0n) is 10.5. The summed E-state index contributed by atoms with van der Waals surface area (Å²) in [6.07, 6.45) is -4.41. The lowest BCUT2D eigenvalue weighted by Crippen LogP contribution is -2.12. The number of nitrogens with two attached hydrogens (primary N) is 1. The molecule has 1 amide bonds. The fourth-order valence-electron chi connectivity index (χ4n) is 1.61. The molecule has 0 fully saturated rings. The molecule has 0 radical (unpaired) electrons. The minimum absolute atomic E-state index is 0.232. The van der Waals surface area contributed by atoms with Crippen LogP contribution in [0, 0.1) is 0 Å². The molecule has 0 spiro atoms. The molecular weight excluding hydrogens is 305 g/mol. The van der Waals surface area contributed by atoms with Crippen LogP contribution < -0.4 is 11.1 Å². The number of anilines is 2. The van der Waals surface area contributed by atoms with Gasteiger partial charge in [-0.05, 0) is 42.5 Å². The van der Waals surface area contributed by atoms with Crippen molar-refractivity contribution in [3.63, 3.8) is 0 Å². The van der Waals surface area contributed by atoms with Gasteiger partial charge in [0.1, 0.15) is 0 Å². The average Bonchev–Trinajstić information content (AvgIpc) is 2.41. The number of carbonyl (C=O) groups is 1. The van der Waals surface area contributed by atoms with Crippen LogP contribution in [-0.4, -0.2) is 5.91 Å². The number of hydrogen-bond acceptors (Lipinski definition) is 2. The molecule has 2 aromatic carbocycles. The Kier molecular flexibility index (Phi) is 4.09. The maximum Gasteiger partial charge on any atom is 0.416 e. The second-order valence-corrected chi connectivity index (χ2v) is 4.67. The lowest BCUT2D eigenvalue weighted by atomic mass is 10.1. The van der Waals surface area contributed by atoms with Crippen molar-refractivity contribution in [3.8, 4) is 0 Å². The fourth-order valence-corrected chi connectivity index (χ4v) is 1.79. The Morgan fingerprint density at radius 1 is 1.10 bits per heavy atom. The first kappa shape index (κ1) is 15.2. The molecule has 0 aliphatic rings. The van der Waals surface area contributed by atoms with E-state index in [0.717, 1.165) is 12.1 Å². The first-order valence-electron chi connectivity index (χ1n) is 5.81. The predicted molar refractivity (Wildman–Crippen MR) is 75.3 cm³/mol. The molecule has 3 N–H and O–H groups in total. The summed E-state index contributed by atoms with van der Waals surface area (Å²) >= 11 is 5.80. The Bertz CT molecular complexity index is 669. The van der Waals surface area contributed by atoms with Crippen LogP contribution in [0.25, 0.3) is 0 Å². The zero-order chi connectivity index (χ0) is 15.6. The molecule has 0 aromatic heterocycles. The van der Waals surface area contributed by atoms with E-state index in [9.17, 15) is 18.0 Å². The van der Waals surface area contributed by atoms with Crippen LogP contribution in [0.15, 0.2) is 42.5 Å². The molecule has 0 saturated heterocycles. The molecule has 0 saturated carbocycles. The van der Waals surface area contributed by atoms with E-state index in [2.05, 4.69) is 5.32 Å². The highest BCUT2D eigenvalue weighted by molar-refractivity contribution is 6.33. The van der Waals surface area contributed by atoms with E-state index in [4.69, 9.17) is 17.3 Å². The summed E-state index contributed by atoms with van der Waals surface area (Å²) in [5.41, 5.74) is 5.59. The van der Waals surface area contributed by atoms with Crippen LogP contribution in [0.2, 0.25) is 5.02 Å². The lowest BCUT2D eigenvalue weighted by molar-refractivity contribution is -0.137. The average molecular weight is 315 g/mol. The second-order valence-electron chi connectivity index (χ2n) is 4.27. The lowest BCUT2D eigenvalue weighted by Gasteiger charge is -2.09. The number of carbonyl (C=O) groups excluding carboxylic acids is 1. The van der Waals surface area contributed by atoms with Gasteiger partial charge in [-0.2, -0.15) is 13.2 Å². The molecule has 0 heterocycles. The van der Waals surface area contributed by atoms with E-state index in [0.29, 0.717) is 5.69 Å². The number of nitrogens with one attached hydrogen (secondary N) is 1. The van der Waals surface area contributed by atoms with Gasteiger partial charge in [-0.15, -0.1) is 0 Å². The highest BCUT2D eigenvalue weighted by atomic mass is 35.5. The Labute approximate surface area is 123 Å². The molecule has 7 heteroatoms. The van der Waals surface area contributed by atoms with Crippen LogP contribution in [0.5, 0.6) is 0 Å². The van der Waals surface area contributed by atoms with Crippen molar-refractivity contribution in [2.75, 3.05) is 11.1 Å². The number of alkyl halides is 3. The number of hydrogen-bond donors (Lipinski definition) is 2. The van der Waals surface area contributed by atoms with Gasteiger partial charge < -0.3 is 11.1 Å². The largest absolute Gasteiger partial charge is 0.416 e. The van der Waals surface area contributed by atoms with Crippen LogP contribution >= 0.6 is 11.6 Å². The predicted octanol–water partition coefficient (Wildman–Crippen LogP) is 4.19. The van der Waals surface area contributed by atoms with Gasteiger partial charge >= 0.3 is 6.18 Å². The number of amides is 1. The minimum Gasteiger partial charge on any atom is -0.398 e. The van der Waals surface area contributed by atoms with Gasteiger partial charge in [0.05, 0.1) is 16.3 Å². The van der Waals surface area contributed by atoms with Crippen molar-refractivity contribution < 1.29 is 18.0 Å². The van der Waals surface area contributed by atoms with Crippen molar-refractivity contribution in [1.29, 1.82) is 0 Å². The van der Waals surface area contributed by atoms with Crippen LogP contribution in [0.1, 0.15) is 15.9 Å². The van der Waals surface area contributed by atoms with Crippen molar-refractivity contribution in [3.05, 3.63) is 58.6 Å². The molecule has 0 aliphatic carbocycles. The van der Waals surface area contributed by atoms with Crippen LogP contribution in [0.4, 0.5) is 24.5 Å². The zero-order valence-corrected chi connectivity index (χ0v) is 11.3.